The Balaban J connectivity index is 1.59. The normalized spacial score (nSPS) is 12.6. The lowest BCUT2D eigenvalue weighted by Crippen LogP contribution is -2.14. The minimum Gasteiger partial charge on any atom is -0.218 e. The first kappa shape index (κ1) is 18.1. The summed E-state index contributed by atoms with van der Waals surface area (Å²) < 4.78 is 26.3. The minimum atomic E-state index is -3.73. The number of hydrogen-bond acceptors (Lipinski definition) is 4. The third-order valence-electron chi connectivity index (χ3n) is 4.68. The van der Waals surface area contributed by atoms with Crippen LogP contribution in [0, 0.1) is 0 Å². The second-order valence-corrected chi connectivity index (χ2v) is 8.30. The molecule has 6 heteroatoms. The van der Waals surface area contributed by atoms with E-state index in [1.165, 1.54) is 6.33 Å². The SMILES string of the molecule is CC(c1ccc(-c2ccccc2)cc1)c1ncn(S(=O)(=O)c2ccccc2)n1. The molecule has 0 saturated heterocycles. The van der Waals surface area contributed by atoms with Gasteiger partial charge in [-0.15, -0.1) is 9.19 Å². The summed E-state index contributed by atoms with van der Waals surface area (Å²) in [7, 11) is -3.73. The van der Waals surface area contributed by atoms with Crippen molar-refractivity contribution in [1.29, 1.82) is 0 Å². The van der Waals surface area contributed by atoms with Gasteiger partial charge in [-0.3, -0.25) is 0 Å². The number of hydrogen-bond donors (Lipinski definition) is 0. The van der Waals surface area contributed by atoms with Crippen molar-refractivity contribution in [2.24, 2.45) is 0 Å². The molecule has 0 aliphatic rings. The molecule has 1 unspecified atom stereocenters. The number of rotatable bonds is 5. The maximum absolute atomic E-state index is 12.7. The van der Waals surface area contributed by atoms with E-state index >= 15 is 0 Å². The van der Waals surface area contributed by atoms with Gasteiger partial charge in [0, 0.05) is 5.92 Å². The molecule has 3 aromatic carbocycles. The molecular formula is C22H19N3O2S. The van der Waals surface area contributed by atoms with E-state index in [9.17, 15) is 8.42 Å². The quantitative estimate of drug-likeness (QED) is 0.509. The molecule has 4 aromatic rings. The highest BCUT2D eigenvalue weighted by Crippen LogP contribution is 2.25. The van der Waals surface area contributed by atoms with E-state index in [4.69, 9.17) is 0 Å². The van der Waals surface area contributed by atoms with Gasteiger partial charge in [-0.2, -0.15) is 8.42 Å². The van der Waals surface area contributed by atoms with Gasteiger partial charge in [0.15, 0.2) is 5.82 Å². The highest BCUT2D eigenvalue weighted by molar-refractivity contribution is 7.89. The van der Waals surface area contributed by atoms with Gasteiger partial charge in [0.05, 0.1) is 4.90 Å². The summed E-state index contributed by atoms with van der Waals surface area (Å²) in [5.74, 6) is 0.337. The van der Waals surface area contributed by atoms with E-state index in [-0.39, 0.29) is 10.8 Å². The van der Waals surface area contributed by atoms with Crippen molar-refractivity contribution < 1.29 is 8.42 Å². The Kier molecular flexibility index (Phi) is 4.79. The van der Waals surface area contributed by atoms with Crippen LogP contribution in [0.25, 0.3) is 11.1 Å². The molecule has 4 rings (SSSR count). The largest absolute Gasteiger partial charge is 0.284 e. The van der Waals surface area contributed by atoms with Crippen LogP contribution in [-0.4, -0.2) is 22.6 Å². The fraction of sp³-hybridized carbons (Fsp3) is 0.0909. The van der Waals surface area contributed by atoms with Gasteiger partial charge in [0.1, 0.15) is 6.33 Å². The molecule has 1 atom stereocenters. The molecule has 0 amide bonds. The van der Waals surface area contributed by atoms with E-state index in [2.05, 4.69) is 34.3 Å². The predicted octanol–water partition coefficient (Wildman–Crippen LogP) is 4.33. The lowest BCUT2D eigenvalue weighted by Gasteiger charge is -2.09. The van der Waals surface area contributed by atoms with Crippen molar-refractivity contribution in [3.63, 3.8) is 0 Å². The number of benzene rings is 3. The van der Waals surface area contributed by atoms with Crippen molar-refractivity contribution in [3.8, 4) is 11.1 Å². The fourth-order valence-electron chi connectivity index (χ4n) is 3.02. The van der Waals surface area contributed by atoms with Crippen molar-refractivity contribution in [3.05, 3.63) is 103 Å². The van der Waals surface area contributed by atoms with Crippen molar-refractivity contribution in [2.45, 2.75) is 17.7 Å². The average molecular weight is 389 g/mol. The zero-order valence-electron chi connectivity index (χ0n) is 15.3. The second kappa shape index (κ2) is 7.40. The lowest BCUT2D eigenvalue weighted by molar-refractivity contribution is 0.578. The van der Waals surface area contributed by atoms with Crippen LogP contribution in [-0.2, 0) is 10.0 Å². The molecule has 5 nitrogen and oxygen atoms in total. The summed E-state index contributed by atoms with van der Waals surface area (Å²) in [6.45, 7) is 1.96. The van der Waals surface area contributed by atoms with Crippen LogP contribution in [0.2, 0.25) is 0 Å². The maximum atomic E-state index is 12.7. The van der Waals surface area contributed by atoms with E-state index < -0.39 is 10.0 Å². The lowest BCUT2D eigenvalue weighted by atomic mass is 9.97. The maximum Gasteiger partial charge on any atom is 0.284 e. The first-order valence-electron chi connectivity index (χ1n) is 8.93. The van der Waals surface area contributed by atoms with E-state index in [1.54, 1.807) is 30.3 Å². The van der Waals surface area contributed by atoms with Gasteiger partial charge in [-0.05, 0) is 28.8 Å². The molecular weight excluding hydrogens is 370 g/mol. The summed E-state index contributed by atoms with van der Waals surface area (Å²) in [6, 6.07) is 26.5. The molecule has 0 N–H and O–H groups in total. The van der Waals surface area contributed by atoms with Gasteiger partial charge >= 0.3 is 0 Å². The Morgan fingerprint density at radius 2 is 1.36 bits per heavy atom. The monoisotopic (exact) mass is 389 g/mol. The van der Waals surface area contributed by atoms with E-state index in [0.29, 0.717) is 5.82 Å². The van der Waals surface area contributed by atoms with Crippen LogP contribution in [0.1, 0.15) is 24.2 Å². The molecule has 0 aliphatic carbocycles. The summed E-state index contributed by atoms with van der Waals surface area (Å²) in [5.41, 5.74) is 3.30. The molecule has 0 spiro atoms. The summed E-state index contributed by atoms with van der Waals surface area (Å²) in [5, 5.41) is 4.23. The topological polar surface area (TPSA) is 64.8 Å². The molecule has 140 valence electrons. The Labute approximate surface area is 164 Å². The zero-order chi connectivity index (χ0) is 19.6. The van der Waals surface area contributed by atoms with E-state index in [0.717, 1.165) is 20.8 Å². The summed E-state index contributed by atoms with van der Waals surface area (Å²) in [6.07, 6.45) is 1.26. The molecule has 0 saturated carbocycles. The zero-order valence-corrected chi connectivity index (χ0v) is 16.1. The van der Waals surface area contributed by atoms with Crippen LogP contribution >= 0.6 is 0 Å². The standard InChI is InChI=1S/C22H19N3O2S/c1-17(18-12-14-20(15-13-18)19-8-4-2-5-9-19)22-23-16-25(24-22)28(26,27)21-10-6-3-7-11-21/h2-17H,1H3. The van der Waals surface area contributed by atoms with Gasteiger partial charge in [0.25, 0.3) is 10.0 Å². The second-order valence-electron chi connectivity index (χ2n) is 6.50. The van der Waals surface area contributed by atoms with Crippen molar-refractivity contribution in [1.82, 2.24) is 14.2 Å². The molecule has 28 heavy (non-hydrogen) atoms. The molecule has 0 fully saturated rings. The van der Waals surface area contributed by atoms with Gasteiger partial charge < -0.3 is 0 Å². The minimum absolute atomic E-state index is 0.128. The van der Waals surface area contributed by atoms with Crippen LogP contribution in [0.5, 0.6) is 0 Å². The molecule has 0 aliphatic heterocycles. The first-order valence-corrected chi connectivity index (χ1v) is 10.4. The molecule has 1 aromatic heterocycles. The Morgan fingerprint density at radius 1 is 0.786 bits per heavy atom. The van der Waals surface area contributed by atoms with Crippen molar-refractivity contribution in [2.75, 3.05) is 0 Å². The van der Waals surface area contributed by atoms with Gasteiger partial charge in [0.2, 0.25) is 0 Å². The Bertz CT molecular complexity index is 1170. The molecule has 0 radical (unpaired) electrons. The fourth-order valence-corrected chi connectivity index (χ4v) is 4.10. The number of aromatic nitrogens is 3. The third-order valence-corrected chi connectivity index (χ3v) is 6.22. The third kappa shape index (κ3) is 3.46. The van der Waals surface area contributed by atoms with Gasteiger partial charge in [-0.1, -0.05) is 79.7 Å². The van der Waals surface area contributed by atoms with Crippen LogP contribution in [0.3, 0.4) is 0 Å². The number of nitrogens with zero attached hydrogens (tertiary/aromatic N) is 3. The van der Waals surface area contributed by atoms with Crippen LogP contribution in [0.15, 0.2) is 96.2 Å². The van der Waals surface area contributed by atoms with Gasteiger partial charge in [-0.25, -0.2) is 4.98 Å². The summed E-state index contributed by atoms with van der Waals surface area (Å²) in [4.78, 5) is 4.42. The molecule has 0 bridgehead atoms. The smallest absolute Gasteiger partial charge is 0.218 e. The van der Waals surface area contributed by atoms with Crippen molar-refractivity contribution >= 4 is 10.0 Å². The summed E-state index contributed by atoms with van der Waals surface area (Å²) >= 11 is 0. The Hall–Kier alpha value is -3.25. The molecule has 1 heterocycles. The van der Waals surface area contributed by atoms with Crippen LogP contribution in [0.4, 0.5) is 0 Å². The van der Waals surface area contributed by atoms with E-state index in [1.807, 2.05) is 37.3 Å². The highest BCUT2D eigenvalue weighted by atomic mass is 32.2. The Morgan fingerprint density at radius 3 is 2.00 bits per heavy atom. The predicted molar refractivity (Wildman–Crippen MR) is 108 cm³/mol. The highest BCUT2D eigenvalue weighted by Gasteiger charge is 2.21. The van der Waals surface area contributed by atoms with Crippen LogP contribution < -0.4 is 0 Å². The first-order chi connectivity index (χ1) is 13.6. The average Bonchev–Trinajstić information content (AvgIpc) is 3.26.